The summed E-state index contributed by atoms with van der Waals surface area (Å²) in [6.45, 7) is 26.4. The molecule has 2 rings (SSSR count). The van der Waals surface area contributed by atoms with E-state index < -0.39 is 0 Å². The van der Waals surface area contributed by atoms with Crippen molar-refractivity contribution in [3.8, 4) is 0 Å². The molecule has 2 aliphatic rings. The normalized spacial score (nSPS) is 30.2. The molecule has 0 aromatic rings. The third-order valence-electron chi connectivity index (χ3n) is 7.02. The summed E-state index contributed by atoms with van der Waals surface area (Å²) in [4.78, 5) is 10.8. The van der Waals surface area contributed by atoms with E-state index >= 15 is 0 Å². The fraction of sp³-hybridized carbons (Fsp3) is 1.00. The summed E-state index contributed by atoms with van der Waals surface area (Å²) in [5, 5.41) is 0. The average molecular weight is 367 g/mol. The molecular formula is C22H46N4. The molecule has 0 N–H and O–H groups in total. The summed E-state index contributed by atoms with van der Waals surface area (Å²) in [5.41, 5.74) is 0. The van der Waals surface area contributed by atoms with Crippen LogP contribution < -0.4 is 0 Å². The highest BCUT2D eigenvalue weighted by Gasteiger charge is 2.30. The monoisotopic (exact) mass is 366 g/mol. The Morgan fingerprint density at radius 1 is 0.615 bits per heavy atom. The minimum Gasteiger partial charge on any atom is -0.298 e. The Labute approximate surface area is 163 Å². The van der Waals surface area contributed by atoms with E-state index in [0.717, 1.165) is 0 Å². The van der Waals surface area contributed by atoms with E-state index in [0.29, 0.717) is 36.3 Å². The van der Waals surface area contributed by atoms with Gasteiger partial charge in [-0.3, -0.25) is 19.6 Å². The van der Waals surface area contributed by atoms with Gasteiger partial charge >= 0.3 is 0 Å². The fourth-order valence-corrected chi connectivity index (χ4v) is 5.06. The van der Waals surface area contributed by atoms with Gasteiger partial charge in [-0.2, -0.15) is 0 Å². The molecule has 0 aromatic carbocycles. The van der Waals surface area contributed by atoms with Crippen molar-refractivity contribution in [1.82, 2.24) is 19.6 Å². The first-order chi connectivity index (χ1) is 12.2. The molecule has 0 radical (unpaired) electrons. The van der Waals surface area contributed by atoms with Gasteiger partial charge < -0.3 is 0 Å². The summed E-state index contributed by atoms with van der Waals surface area (Å²) >= 11 is 0. The lowest BCUT2D eigenvalue weighted by Gasteiger charge is -2.46. The Morgan fingerprint density at radius 3 is 1.23 bits per heavy atom. The van der Waals surface area contributed by atoms with E-state index in [-0.39, 0.29) is 0 Å². The minimum absolute atomic E-state index is 0.681. The van der Waals surface area contributed by atoms with Crippen LogP contribution in [0.25, 0.3) is 0 Å². The molecule has 4 nitrogen and oxygen atoms in total. The van der Waals surface area contributed by atoms with Gasteiger partial charge in [-0.25, -0.2) is 0 Å². The topological polar surface area (TPSA) is 13.0 Å². The van der Waals surface area contributed by atoms with E-state index in [9.17, 15) is 0 Å². The molecule has 0 spiro atoms. The molecule has 0 saturated carbocycles. The quantitative estimate of drug-likeness (QED) is 0.685. The summed E-state index contributed by atoms with van der Waals surface area (Å²) in [6.07, 6.45) is 2.65. The first kappa shape index (κ1) is 22.1. The summed E-state index contributed by atoms with van der Waals surface area (Å²) < 4.78 is 0. The van der Waals surface area contributed by atoms with E-state index in [4.69, 9.17) is 0 Å². The fourth-order valence-electron chi connectivity index (χ4n) is 5.06. The third kappa shape index (κ3) is 5.67. The molecule has 4 atom stereocenters. The van der Waals surface area contributed by atoms with Crippen molar-refractivity contribution in [2.24, 2.45) is 0 Å². The van der Waals surface area contributed by atoms with E-state index in [1.54, 1.807) is 0 Å². The van der Waals surface area contributed by atoms with Gasteiger partial charge in [-0.05, 0) is 68.2 Å². The smallest absolute Gasteiger partial charge is 0.0198 e. The van der Waals surface area contributed by atoms with Gasteiger partial charge in [0.15, 0.2) is 0 Å². The van der Waals surface area contributed by atoms with E-state index in [1.807, 2.05) is 0 Å². The zero-order chi connectivity index (χ0) is 19.4. The van der Waals surface area contributed by atoms with Crippen molar-refractivity contribution in [2.45, 2.75) is 104 Å². The van der Waals surface area contributed by atoms with Gasteiger partial charge in [-0.1, -0.05) is 0 Å². The number of rotatable bonds is 7. The molecular weight excluding hydrogens is 320 g/mol. The molecule has 0 bridgehead atoms. The van der Waals surface area contributed by atoms with Crippen molar-refractivity contribution in [1.29, 1.82) is 0 Å². The van der Waals surface area contributed by atoms with Gasteiger partial charge in [0.1, 0.15) is 0 Å². The van der Waals surface area contributed by atoms with Crippen molar-refractivity contribution in [2.75, 3.05) is 39.3 Å². The number of hydrogen-bond donors (Lipinski definition) is 0. The summed E-state index contributed by atoms with van der Waals surface area (Å²) in [7, 11) is 0. The molecule has 0 aromatic heterocycles. The highest BCUT2D eigenvalue weighted by atomic mass is 15.3. The molecule has 2 fully saturated rings. The van der Waals surface area contributed by atoms with Gasteiger partial charge in [0, 0.05) is 75.5 Å². The van der Waals surface area contributed by atoms with Crippen LogP contribution in [0.4, 0.5) is 0 Å². The highest BCUT2D eigenvalue weighted by molar-refractivity contribution is 4.87. The lowest BCUT2D eigenvalue weighted by atomic mass is 10.0. The van der Waals surface area contributed by atoms with Crippen LogP contribution in [0.15, 0.2) is 0 Å². The number of nitrogens with zero attached hydrogens (tertiary/aromatic N) is 4. The molecule has 0 amide bonds. The summed E-state index contributed by atoms with van der Waals surface area (Å²) in [5.74, 6) is 0. The molecule has 154 valence electrons. The molecule has 2 heterocycles. The maximum atomic E-state index is 2.76. The Bertz CT molecular complexity index is 373. The second-order valence-corrected chi connectivity index (χ2v) is 9.63. The van der Waals surface area contributed by atoms with Crippen molar-refractivity contribution in [3.05, 3.63) is 0 Å². The third-order valence-corrected chi connectivity index (χ3v) is 7.02. The van der Waals surface area contributed by atoms with Crippen LogP contribution in [0.3, 0.4) is 0 Å². The lowest BCUT2D eigenvalue weighted by molar-refractivity contribution is 0.0214. The number of piperazine rings is 2. The standard InChI is InChI=1S/C22H46N4/c1-17(2)23-11-13-25(21(7)15-23)19(5)9-10-20(6)26-14-12-24(18(3)4)16-22(26)8/h17-22H,9-16H2,1-8H3. The Morgan fingerprint density at radius 2 is 0.962 bits per heavy atom. The van der Waals surface area contributed by atoms with Crippen LogP contribution in [0.2, 0.25) is 0 Å². The maximum Gasteiger partial charge on any atom is 0.0198 e. The van der Waals surface area contributed by atoms with Crippen LogP contribution in [-0.2, 0) is 0 Å². The first-order valence-electron chi connectivity index (χ1n) is 11.2. The Hall–Kier alpha value is -0.160. The second kappa shape index (κ2) is 9.86. The van der Waals surface area contributed by atoms with E-state index in [1.165, 1.54) is 52.1 Å². The predicted molar refractivity (Wildman–Crippen MR) is 114 cm³/mol. The van der Waals surface area contributed by atoms with Gasteiger partial charge in [0.25, 0.3) is 0 Å². The van der Waals surface area contributed by atoms with Crippen molar-refractivity contribution < 1.29 is 0 Å². The number of hydrogen-bond acceptors (Lipinski definition) is 4. The lowest BCUT2D eigenvalue weighted by Crippen LogP contribution is -2.57. The van der Waals surface area contributed by atoms with Crippen LogP contribution in [0.1, 0.15) is 68.2 Å². The molecule has 4 unspecified atom stereocenters. The van der Waals surface area contributed by atoms with Crippen molar-refractivity contribution in [3.63, 3.8) is 0 Å². The SMILES string of the molecule is CC(C)N1CCN(C(C)CCC(C)N2CCN(C(C)C)CC2C)C(C)C1. The van der Waals surface area contributed by atoms with Gasteiger partial charge in [0.05, 0.1) is 0 Å². The Kier molecular flexibility index (Phi) is 8.39. The highest BCUT2D eigenvalue weighted by Crippen LogP contribution is 2.22. The second-order valence-electron chi connectivity index (χ2n) is 9.63. The zero-order valence-corrected chi connectivity index (χ0v) is 18.9. The zero-order valence-electron chi connectivity index (χ0n) is 18.9. The molecule has 4 heteroatoms. The first-order valence-corrected chi connectivity index (χ1v) is 11.2. The molecule has 26 heavy (non-hydrogen) atoms. The van der Waals surface area contributed by atoms with Crippen LogP contribution in [-0.4, -0.2) is 95.1 Å². The average Bonchev–Trinajstić information content (AvgIpc) is 2.58. The van der Waals surface area contributed by atoms with Crippen LogP contribution >= 0.6 is 0 Å². The van der Waals surface area contributed by atoms with Gasteiger partial charge in [-0.15, -0.1) is 0 Å². The minimum atomic E-state index is 0.681. The molecule has 2 saturated heterocycles. The largest absolute Gasteiger partial charge is 0.298 e. The summed E-state index contributed by atoms with van der Waals surface area (Å²) in [6, 6.07) is 4.14. The van der Waals surface area contributed by atoms with Crippen LogP contribution in [0.5, 0.6) is 0 Å². The predicted octanol–water partition coefficient (Wildman–Crippen LogP) is 3.37. The molecule has 2 aliphatic heterocycles. The molecule has 0 aliphatic carbocycles. The van der Waals surface area contributed by atoms with Crippen LogP contribution in [0, 0.1) is 0 Å². The van der Waals surface area contributed by atoms with E-state index in [2.05, 4.69) is 75.0 Å². The maximum absolute atomic E-state index is 2.76. The van der Waals surface area contributed by atoms with Crippen molar-refractivity contribution >= 4 is 0 Å². The Balaban J connectivity index is 1.77. The van der Waals surface area contributed by atoms with Gasteiger partial charge in [0.2, 0.25) is 0 Å².